The minimum absolute atomic E-state index is 0. The molecule has 11 rings (SSSR count). The van der Waals surface area contributed by atoms with Crippen molar-refractivity contribution in [1.82, 2.24) is 29.1 Å². The monoisotopic (exact) mass is 1240 g/mol. The number of thiazole rings is 2. The summed E-state index contributed by atoms with van der Waals surface area (Å²) in [5.41, 5.74) is 16.3. The summed E-state index contributed by atoms with van der Waals surface area (Å²) < 4.78 is 3.39. The van der Waals surface area contributed by atoms with Gasteiger partial charge in [-0.15, -0.1) is 44.7 Å². The average molecular weight is 1240 g/mol. The van der Waals surface area contributed by atoms with E-state index in [0.29, 0.717) is 78.7 Å². The third kappa shape index (κ3) is 11.7. The fourth-order valence-corrected chi connectivity index (χ4v) is 12.7. The summed E-state index contributed by atoms with van der Waals surface area (Å²) in [6.45, 7) is 19.8. The zero-order chi connectivity index (χ0) is 59.1. The Labute approximate surface area is 519 Å². The van der Waals surface area contributed by atoms with Crippen LogP contribution >= 0.6 is 22.7 Å². The maximum absolute atomic E-state index is 14.4. The number of aromatic nitrogens is 6. The van der Waals surface area contributed by atoms with Gasteiger partial charge in [-0.2, -0.15) is 9.98 Å². The van der Waals surface area contributed by atoms with E-state index in [9.17, 15) is 29.8 Å². The standard InChI is InChI=1S/C66H54N10O6S2.ClH.Fe/c1-9-45-39(5)49-31-50-41(7)47(27-29-61(77)71-65-73(59(35-83-65)43-21-13-11-14-22-43)63-37(3)19-17-25-57(63)75(79)80)55(69-50)34-56-48(42(8)52(70-56)33-54-46(10-2)40(6)51(68-54)32-53(45)67-49)28-30-62(78)72-66-74(60(36-84-66)44-23-15-12-16-24-44)64-38(4)20-18-26-58(64)76(81)82;;/h9-26,31-36H,1-2,27-30H2,3-8H3;1H;/q-2;;+3/p-1. The Morgan fingerprint density at radius 1 is 0.581 bits per heavy atom. The second-order valence-electron chi connectivity index (χ2n) is 20.4. The topological polar surface area (TPSA) is 209 Å². The predicted octanol–water partition coefficient (Wildman–Crippen LogP) is 11.3. The van der Waals surface area contributed by atoms with Crippen LogP contribution in [0.5, 0.6) is 0 Å². The van der Waals surface area contributed by atoms with Crippen molar-refractivity contribution in [3.8, 4) is 33.9 Å². The number of fused-ring (bicyclic) bond motifs is 8. The first kappa shape index (κ1) is 61.3. The molecule has 7 heterocycles. The summed E-state index contributed by atoms with van der Waals surface area (Å²) in [7, 11) is 0. The van der Waals surface area contributed by atoms with E-state index in [1.165, 1.54) is 34.8 Å². The van der Waals surface area contributed by atoms with Gasteiger partial charge in [-0.3, -0.25) is 39.0 Å². The number of allylic oxidation sites excluding steroid dienone is 5. The third-order valence-corrected chi connectivity index (χ3v) is 17.0. The maximum atomic E-state index is 14.4. The molecule has 0 unspecified atom stereocenters. The SMILES string of the molecule is C=CC1=C(C)c2cc3[n-]c(cc4nc(cc5[n-]c(cc1n2)c(C)c5CCC(=O)N=c1scc(-c2ccccc2)n1-c1c(C)cccc1[N+](=O)[O-])C(CCC(=O)N=c1scc(-c2ccccc2)n1-c1c(C)cccc1[N+](=O)[O-])=C4C)c(C)c3C=C.[Cl-].[Fe+3]. The molecule has 0 saturated heterocycles. The summed E-state index contributed by atoms with van der Waals surface area (Å²) in [6, 6.07) is 36.4. The van der Waals surface area contributed by atoms with Crippen LogP contribution in [-0.2, 0) is 33.1 Å². The Morgan fingerprint density at radius 3 is 1.57 bits per heavy atom. The van der Waals surface area contributed by atoms with Crippen LogP contribution in [0.3, 0.4) is 0 Å². The van der Waals surface area contributed by atoms with E-state index in [2.05, 4.69) is 23.1 Å². The van der Waals surface area contributed by atoms with E-state index in [-0.39, 0.29) is 76.1 Å². The fourth-order valence-electron chi connectivity index (χ4n) is 10.9. The molecule has 16 nitrogen and oxygen atoms in total. The van der Waals surface area contributed by atoms with Gasteiger partial charge < -0.3 is 22.4 Å². The first-order valence-corrected chi connectivity index (χ1v) is 28.8. The number of para-hydroxylation sites is 2. The summed E-state index contributed by atoms with van der Waals surface area (Å²) in [6.07, 6.45) is 3.90. The molecule has 0 fully saturated rings. The number of rotatable bonds is 14. The van der Waals surface area contributed by atoms with E-state index in [1.54, 1.807) is 59.4 Å². The molecule has 0 atom stereocenters. The van der Waals surface area contributed by atoms with Crippen LogP contribution in [0.4, 0.5) is 11.4 Å². The smallest absolute Gasteiger partial charge is 1.00 e. The van der Waals surface area contributed by atoms with Crippen LogP contribution in [0.2, 0.25) is 0 Å². The summed E-state index contributed by atoms with van der Waals surface area (Å²) >= 11 is 2.44. The van der Waals surface area contributed by atoms with Gasteiger partial charge in [0.25, 0.3) is 11.4 Å². The number of hydrogen-bond donors (Lipinski definition) is 0. The maximum Gasteiger partial charge on any atom is 3.00 e. The van der Waals surface area contributed by atoms with Gasteiger partial charge in [-0.25, -0.2) is 9.97 Å². The normalized spacial score (nSPS) is 12.5. The van der Waals surface area contributed by atoms with Crippen LogP contribution < -0.4 is 32.0 Å². The second kappa shape index (κ2) is 25.5. The summed E-state index contributed by atoms with van der Waals surface area (Å²) in [5.74, 6) is -0.893. The average Bonchev–Trinajstić information content (AvgIpc) is 2.23. The molecule has 0 saturated carbocycles. The van der Waals surface area contributed by atoms with Gasteiger partial charge in [0.2, 0.25) is 11.8 Å². The van der Waals surface area contributed by atoms with Crippen molar-refractivity contribution in [2.45, 2.75) is 67.2 Å². The van der Waals surface area contributed by atoms with Crippen molar-refractivity contribution in [2.75, 3.05) is 0 Å². The molecule has 9 aromatic rings. The van der Waals surface area contributed by atoms with E-state index in [0.717, 1.165) is 55.7 Å². The molecule has 0 N–H and O–H groups in total. The Morgan fingerprint density at radius 2 is 1.05 bits per heavy atom. The number of nitro groups is 2. The Bertz CT molecular complexity index is 4680. The molecule has 1 radical (unpaired) electrons. The predicted molar refractivity (Wildman–Crippen MR) is 333 cm³/mol. The van der Waals surface area contributed by atoms with Gasteiger partial charge in [0.15, 0.2) is 9.60 Å². The van der Waals surface area contributed by atoms with Crippen LogP contribution in [0.15, 0.2) is 161 Å². The molecule has 431 valence electrons. The Balaban J connectivity index is 0.00000442. The van der Waals surface area contributed by atoms with Crippen molar-refractivity contribution >= 4 is 96.3 Å². The van der Waals surface area contributed by atoms with Crippen molar-refractivity contribution in [3.05, 3.63) is 237 Å². The third-order valence-electron chi connectivity index (χ3n) is 15.3. The number of aryl methyl sites for hydroxylation is 5. The van der Waals surface area contributed by atoms with Gasteiger partial charge in [-0.05, 0) is 98.9 Å². The quantitative estimate of drug-likeness (QED) is 0.0571. The number of amides is 2. The molecule has 0 spiro atoms. The first-order valence-electron chi connectivity index (χ1n) is 27.0. The van der Waals surface area contributed by atoms with Gasteiger partial charge in [0, 0.05) is 41.3 Å². The summed E-state index contributed by atoms with van der Waals surface area (Å²) in [4.78, 5) is 83.6. The van der Waals surface area contributed by atoms with Crippen molar-refractivity contribution in [1.29, 1.82) is 0 Å². The molecule has 2 aliphatic rings. The van der Waals surface area contributed by atoms with Crippen LogP contribution in [0.25, 0.3) is 84.3 Å². The molecule has 8 bridgehead atoms. The number of nitrogens with zero attached hydrogens (tertiary/aromatic N) is 10. The van der Waals surface area contributed by atoms with Gasteiger partial charge in [-0.1, -0.05) is 151 Å². The number of hydrogen-bond acceptors (Lipinski definition) is 10. The molecule has 86 heavy (non-hydrogen) atoms. The van der Waals surface area contributed by atoms with E-state index >= 15 is 0 Å². The van der Waals surface area contributed by atoms with Gasteiger partial charge >= 0.3 is 17.1 Å². The van der Waals surface area contributed by atoms with Crippen LogP contribution in [-0.4, -0.2) is 40.8 Å². The molecule has 4 aromatic carbocycles. The van der Waals surface area contributed by atoms with E-state index < -0.39 is 21.7 Å². The van der Waals surface area contributed by atoms with E-state index in [1.807, 2.05) is 123 Å². The zero-order valence-electron chi connectivity index (χ0n) is 47.6. The molecule has 20 heteroatoms. The van der Waals surface area contributed by atoms with Crippen LogP contribution in [0.1, 0.15) is 89.3 Å². The molecular weight excluding hydrogens is 1180 g/mol. The minimum atomic E-state index is -0.447. The van der Waals surface area contributed by atoms with Crippen molar-refractivity contribution < 1.29 is 48.9 Å². The number of benzene rings is 4. The molecule has 2 amide bonds. The number of carbonyl (C=O) groups is 2. The number of carbonyl (C=O) groups excluding carboxylic acids is 2. The largest absolute Gasteiger partial charge is 3.00 e. The summed E-state index contributed by atoms with van der Waals surface area (Å²) in [5, 5.41) is 28.8. The van der Waals surface area contributed by atoms with Crippen molar-refractivity contribution in [3.63, 3.8) is 0 Å². The molecule has 2 aliphatic heterocycles. The fraction of sp³-hybridized carbons (Fsp3) is 0.152. The zero-order valence-corrected chi connectivity index (χ0v) is 51.1. The molecular formula is C66H54ClFeN10O6S2. The second-order valence-corrected chi connectivity index (χ2v) is 22.1. The van der Waals surface area contributed by atoms with Gasteiger partial charge in [0.05, 0.1) is 44.0 Å². The molecule has 0 aliphatic carbocycles. The minimum Gasteiger partial charge on any atom is -1.00 e. The van der Waals surface area contributed by atoms with Gasteiger partial charge in [0.1, 0.15) is 11.4 Å². The Kier molecular flexibility index (Phi) is 18.2. The Hall–Kier alpha value is -9.23. The van der Waals surface area contributed by atoms with E-state index in [4.69, 9.17) is 19.9 Å². The first-order chi connectivity index (χ1) is 40.5. The number of nitro benzene ring substituents is 2. The van der Waals surface area contributed by atoms with Crippen molar-refractivity contribution in [2.24, 2.45) is 9.98 Å². The number of halogens is 1. The van der Waals surface area contributed by atoms with Crippen LogP contribution in [0, 0.1) is 47.9 Å². The molecule has 5 aromatic heterocycles.